The molecule has 0 aliphatic rings. The van der Waals surface area contributed by atoms with Crippen molar-refractivity contribution >= 4 is 5.97 Å². The molecule has 3 heteroatoms. The third-order valence-corrected chi connectivity index (χ3v) is 2.76. The first-order valence-electron chi connectivity index (χ1n) is 6.09. The molecule has 0 saturated heterocycles. The maximum Gasteiger partial charge on any atom is 0.303 e. The average Bonchev–Trinajstić information content (AvgIpc) is 2.21. The van der Waals surface area contributed by atoms with E-state index >= 15 is 0 Å². The molecule has 3 nitrogen and oxygen atoms in total. The summed E-state index contributed by atoms with van der Waals surface area (Å²) in [4.78, 5) is 10.2. The summed E-state index contributed by atoms with van der Waals surface area (Å²) in [6.45, 7) is 3.84. The number of carboxylic acid groups (broad SMARTS) is 1. The van der Waals surface area contributed by atoms with E-state index in [-0.39, 0.29) is 12.5 Å². The molecule has 16 heavy (non-hydrogen) atoms. The van der Waals surface area contributed by atoms with Crippen LogP contribution in [0.15, 0.2) is 12.2 Å². The van der Waals surface area contributed by atoms with Crippen LogP contribution in [-0.2, 0) is 4.79 Å². The van der Waals surface area contributed by atoms with Crippen molar-refractivity contribution in [2.75, 3.05) is 0 Å². The van der Waals surface area contributed by atoms with Gasteiger partial charge in [-0.1, -0.05) is 25.5 Å². The summed E-state index contributed by atoms with van der Waals surface area (Å²) in [5, 5.41) is 17.7. The lowest BCUT2D eigenvalue weighted by Gasteiger charge is -2.10. The fraction of sp³-hybridized carbons (Fsp3) is 0.769. The number of unbranched alkanes of at least 4 members (excludes halogenated alkanes) is 3. The van der Waals surface area contributed by atoms with E-state index in [2.05, 4.69) is 12.2 Å². The van der Waals surface area contributed by atoms with Crippen LogP contribution in [0.25, 0.3) is 0 Å². The minimum Gasteiger partial charge on any atom is -0.481 e. The number of carboxylic acids is 1. The second-order valence-corrected chi connectivity index (χ2v) is 4.42. The third kappa shape index (κ3) is 9.71. The van der Waals surface area contributed by atoms with Crippen molar-refractivity contribution in [3.05, 3.63) is 12.2 Å². The molecule has 0 heterocycles. The molecule has 2 unspecified atom stereocenters. The van der Waals surface area contributed by atoms with Crippen molar-refractivity contribution < 1.29 is 15.0 Å². The Balaban J connectivity index is 3.31. The number of aliphatic hydroxyl groups excluding tert-OH is 1. The lowest BCUT2D eigenvalue weighted by Crippen LogP contribution is -2.11. The first kappa shape index (κ1) is 15.2. The van der Waals surface area contributed by atoms with Crippen LogP contribution >= 0.6 is 0 Å². The standard InChI is InChI=1S/C13H24O3/c1-11(12(2)14)9-7-5-3-4-6-8-10-13(15)16/h5,7,11-12,14H,3-4,6,8-10H2,1-2H3,(H,15,16). The minimum absolute atomic E-state index is 0.250. The molecule has 2 atom stereocenters. The summed E-state index contributed by atoms with van der Waals surface area (Å²) in [7, 11) is 0. The number of hydrogen-bond acceptors (Lipinski definition) is 2. The number of carbonyl (C=O) groups is 1. The Hall–Kier alpha value is -0.830. The zero-order chi connectivity index (χ0) is 12.4. The largest absolute Gasteiger partial charge is 0.481 e. The van der Waals surface area contributed by atoms with Crippen molar-refractivity contribution in [1.82, 2.24) is 0 Å². The van der Waals surface area contributed by atoms with Crippen LogP contribution in [0.4, 0.5) is 0 Å². The Morgan fingerprint density at radius 1 is 1.19 bits per heavy atom. The molecule has 0 radical (unpaired) electrons. The predicted octanol–water partition coefficient (Wildman–Crippen LogP) is 2.98. The number of hydrogen-bond donors (Lipinski definition) is 2. The third-order valence-electron chi connectivity index (χ3n) is 2.76. The molecule has 0 aromatic rings. The van der Waals surface area contributed by atoms with Gasteiger partial charge < -0.3 is 10.2 Å². The van der Waals surface area contributed by atoms with E-state index < -0.39 is 5.97 Å². The molecular weight excluding hydrogens is 204 g/mol. The van der Waals surface area contributed by atoms with Crippen molar-refractivity contribution in [2.45, 2.75) is 58.5 Å². The van der Waals surface area contributed by atoms with Crippen LogP contribution in [-0.4, -0.2) is 22.3 Å². The van der Waals surface area contributed by atoms with Gasteiger partial charge in [-0.2, -0.15) is 0 Å². The number of aliphatic hydroxyl groups is 1. The maximum absolute atomic E-state index is 10.2. The van der Waals surface area contributed by atoms with Gasteiger partial charge in [0.1, 0.15) is 0 Å². The zero-order valence-corrected chi connectivity index (χ0v) is 10.4. The van der Waals surface area contributed by atoms with Gasteiger partial charge in [0.2, 0.25) is 0 Å². The van der Waals surface area contributed by atoms with Crippen LogP contribution in [0.3, 0.4) is 0 Å². The van der Waals surface area contributed by atoms with E-state index in [1.165, 1.54) is 0 Å². The molecule has 0 saturated carbocycles. The second kappa shape index (κ2) is 9.40. The fourth-order valence-corrected chi connectivity index (χ4v) is 1.34. The lowest BCUT2D eigenvalue weighted by molar-refractivity contribution is -0.137. The summed E-state index contributed by atoms with van der Waals surface area (Å²) in [5.74, 6) is -0.399. The first-order valence-corrected chi connectivity index (χ1v) is 6.09. The molecule has 0 spiro atoms. The van der Waals surface area contributed by atoms with E-state index in [1.807, 2.05) is 13.8 Å². The topological polar surface area (TPSA) is 57.5 Å². The van der Waals surface area contributed by atoms with E-state index in [1.54, 1.807) is 0 Å². The fourth-order valence-electron chi connectivity index (χ4n) is 1.34. The smallest absolute Gasteiger partial charge is 0.303 e. The summed E-state index contributed by atoms with van der Waals surface area (Å²) in [6, 6.07) is 0. The number of aliphatic carboxylic acids is 1. The average molecular weight is 228 g/mol. The van der Waals surface area contributed by atoms with Crippen LogP contribution in [0, 0.1) is 5.92 Å². The summed E-state index contributed by atoms with van der Waals surface area (Å²) in [5.41, 5.74) is 0. The van der Waals surface area contributed by atoms with Crippen molar-refractivity contribution in [1.29, 1.82) is 0 Å². The van der Waals surface area contributed by atoms with Gasteiger partial charge in [0, 0.05) is 6.42 Å². The number of allylic oxidation sites excluding steroid dienone is 2. The highest BCUT2D eigenvalue weighted by molar-refractivity contribution is 5.66. The Kier molecular flexibility index (Phi) is 8.91. The van der Waals surface area contributed by atoms with E-state index in [0.29, 0.717) is 5.92 Å². The quantitative estimate of drug-likeness (QED) is 0.471. The summed E-state index contributed by atoms with van der Waals surface area (Å²) < 4.78 is 0. The molecule has 0 aliphatic heterocycles. The normalized spacial score (nSPS) is 15.2. The van der Waals surface area contributed by atoms with Gasteiger partial charge >= 0.3 is 5.97 Å². The van der Waals surface area contributed by atoms with E-state index in [4.69, 9.17) is 5.11 Å². The monoisotopic (exact) mass is 228 g/mol. The molecular formula is C13H24O3. The zero-order valence-electron chi connectivity index (χ0n) is 10.4. The van der Waals surface area contributed by atoms with Gasteiger partial charge in [-0.3, -0.25) is 4.79 Å². The Morgan fingerprint density at radius 3 is 2.44 bits per heavy atom. The number of rotatable bonds is 9. The molecule has 0 amide bonds. The van der Waals surface area contributed by atoms with Gasteiger partial charge in [0.05, 0.1) is 6.10 Å². The SMILES string of the molecule is CC(O)C(C)CC=CCCCCCC(=O)O. The molecule has 0 aromatic carbocycles. The molecule has 0 aliphatic carbocycles. The first-order chi connectivity index (χ1) is 7.54. The molecule has 0 aromatic heterocycles. The maximum atomic E-state index is 10.2. The Morgan fingerprint density at radius 2 is 1.88 bits per heavy atom. The molecule has 2 N–H and O–H groups in total. The molecule has 0 rings (SSSR count). The van der Waals surface area contributed by atoms with Crippen LogP contribution in [0.1, 0.15) is 52.4 Å². The van der Waals surface area contributed by atoms with E-state index in [9.17, 15) is 9.90 Å². The van der Waals surface area contributed by atoms with Gasteiger partial charge in [-0.15, -0.1) is 0 Å². The second-order valence-electron chi connectivity index (χ2n) is 4.42. The van der Waals surface area contributed by atoms with Crippen molar-refractivity contribution in [3.63, 3.8) is 0 Å². The summed E-state index contributed by atoms with van der Waals surface area (Å²) >= 11 is 0. The van der Waals surface area contributed by atoms with Crippen LogP contribution in [0.5, 0.6) is 0 Å². The Bertz CT molecular complexity index is 209. The summed E-state index contributed by atoms with van der Waals surface area (Å²) in [6.07, 6.45) is 8.97. The highest BCUT2D eigenvalue weighted by atomic mass is 16.4. The Labute approximate surface area is 98.2 Å². The van der Waals surface area contributed by atoms with Gasteiger partial charge in [0.15, 0.2) is 0 Å². The van der Waals surface area contributed by atoms with Crippen molar-refractivity contribution in [2.24, 2.45) is 5.92 Å². The van der Waals surface area contributed by atoms with Crippen molar-refractivity contribution in [3.8, 4) is 0 Å². The highest BCUT2D eigenvalue weighted by Crippen LogP contribution is 2.09. The predicted molar refractivity (Wildman–Crippen MR) is 65.3 cm³/mol. The lowest BCUT2D eigenvalue weighted by atomic mass is 10.0. The van der Waals surface area contributed by atoms with Crippen LogP contribution < -0.4 is 0 Å². The van der Waals surface area contributed by atoms with E-state index in [0.717, 1.165) is 32.1 Å². The molecule has 94 valence electrons. The molecule has 0 bridgehead atoms. The van der Waals surface area contributed by atoms with Crippen LogP contribution in [0.2, 0.25) is 0 Å². The highest BCUT2D eigenvalue weighted by Gasteiger charge is 2.05. The van der Waals surface area contributed by atoms with Gasteiger partial charge in [0.25, 0.3) is 0 Å². The van der Waals surface area contributed by atoms with Gasteiger partial charge in [-0.05, 0) is 38.5 Å². The van der Waals surface area contributed by atoms with Gasteiger partial charge in [-0.25, -0.2) is 0 Å². The molecule has 0 fully saturated rings. The minimum atomic E-state index is -0.707.